The van der Waals surface area contributed by atoms with Crippen LogP contribution in [0.4, 0.5) is 14.4 Å². The average Bonchev–Trinajstić information content (AvgIpc) is 0.843. The predicted octanol–water partition coefficient (Wildman–Crippen LogP) is 17.9. The number of aromatic hydroxyl groups is 4. The first kappa shape index (κ1) is 123. The molecular formula is C98H137BrI2N3NaO21Si. The number of aryl methyl sites for hydroxylation is 5. The van der Waals surface area contributed by atoms with Gasteiger partial charge in [0.15, 0.2) is 8.32 Å². The van der Waals surface area contributed by atoms with Crippen molar-refractivity contribution < 1.29 is 133 Å². The Bertz CT molecular complexity index is 4490. The molecule has 8 aromatic rings. The largest absolute Gasteiger partial charge is 1.00 e. The van der Waals surface area contributed by atoms with Gasteiger partial charge in [-0.05, 0) is 298 Å². The van der Waals surface area contributed by atoms with Gasteiger partial charge in [-0.2, -0.15) is 0 Å². The number of hydrogen-bond donors (Lipinski definition) is 11. The Hall–Kier alpha value is -8.32. The van der Waals surface area contributed by atoms with Crippen LogP contribution in [0.3, 0.4) is 0 Å². The van der Waals surface area contributed by atoms with Gasteiger partial charge in [-0.1, -0.05) is 166 Å². The van der Waals surface area contributed by atoms with Gasteiger partial charge in [-0.15, -0.1) is 6.42 Å². The summed E-state index contributed by atoms with van der Waals surface area (Å²) in [5, 5.41) is 81.1. The predicted molar refractivity (Wildman–Crippen MR) is 524 cm³/mol. The van der Waals surface area contributed by atoms with Crippen molar-refractivity contribution >= 4 is 93.7 Å². The molecule has 0 aliphatic carbocycles. The van der Waals surface area contributed by atoms with Crippen molar-refractivity contribution in [1.29, 1.82) is 0 Å². The number of carbonyl (C=O) groups excluding carboxylic acids is 4. The number of halogens is 3. The number of amides is 3. The van der Waals surface area contributed by atoms with Gasteiger partial charge in [0.2, 0.25) is 0 Å². The zero-order chi connectivity index (χ0) is 94.9. The van der Waals surface area contributed by atoms with Crippen molar-refractivity contribution in [3.8, 4) is 70.2 Å². The number of alkyl carbamates (subject to hydrolysis) is 3. The van der Waals surface area contributed by atoms with E-state index in [0.717, 1.165) is 71.0 Å². The Morgan fingerprint density at radius 2 is 0.945 bits per heavy atom. The van der Waals surface area contributed by atoms with Gasteiger partial charge in [0.05, 0.1) is 56.8 Å². The average molecular weight is 2080 g/mol. The molecule has 8 aromatic carbocycles. The first-order valence-corrected chi connectivity index (χ1v) is 47.3. The van der Waals surface area contributed by atoms with Gasteiger partial charge in [0, 0.05) is 30.1 Å². The number of terminal acetylenes is 1. The maximum Gasteiger partial charge on any atom is 1.00 e. The van der Waals surface area contributed by atoms with E-state index in [1.807, 2.05) is 208 Å². The molecule has 0 fully saturated rings. The zero-order valence-electron chi connectivity index (χ0n) is 78.1. The van der Waals surface area contributed by atoms with Crippen molar-refractivity contribution in [2.75, 3.05) is 51.6 Å². The Labute approximate surface area is 813 Å². The molecule has 696 valence electrons. The molecule has 0 unspecified atom stereocenters. The van der Waals surface area contributed by atoms with Crippen molar-refractivity contribution in [2.24, 2.45) is 0 Å². The van der Waals surface area contributed by atoms with E-state index in [1.54, 1.807) is 66.7 Å². The molecular weight excluding hydrogens is 1940 g/mol. The number of ether oxygens (including phenoxy) is 7. The summed E-state index contributed by atoms with van der Waals surface area (Å²) >= 11 is 7.67. The van der Waals surface area contributed by atoms with Gasteiger partial charge in [-0.25, -0.2) is 19.2 Å². The number of carbonyl (C=O) groups is 4. The molecule has 3 atom stereocenters. The molecule has 0 aliphatic heterocycles. The molecule has 12 N–H and O–H groups in total. The third-order valence-electron chi connectivity index (χ3n) is 16.6. The minimum atomic E-state index is -1.46. The minimum Gasteiger partial charge on any atom is -0.870 e. The quantitative estimate of drug-likeness (QED) is 0.00509. The van der Waals surface area contributed by atoms with Crippen LogP contribution in [0.5, 0.6) is 46.0 Å². The number of phenols is 4. The number of nitrogens with one attached hydrogen (secondary N) is 3. The maximum atomic E-state index is 11.9. The second-order valence-corrected chi connectivity index (χ2v) is 40.3. The molecule has 127 heavy (non-hydrogen) atoms. The molecule has 24 nitrogen and oxygen atoms in total. The third-order valence-corrected chi connectivity index (χ3v) is 23.3. The van der Waals surface area contributed by atoms with E-state index in [9.17, 15) is 29.4 Å². The first-order valence-electron chi connectivity index (χ1n) is 41.1. The number of hydrogen-bond acceptors (Lipinski definition) is 21. The van der Waals surface area contributed by atoms with E-state index >= 15 is 0 Å². The summed E-state index contributed by atoms with van der Waals surface area (Å²) in [4.78, 5) is 46.5. The second kappa shape index (κ2) is 67.0. The smallest absolute Gasteiger partial charge is 0.870 e. The van der Waals surface area contributed by atoms with Crippen LogP contribution in [0.15, 0.2) is 182 Å². The number of phenolic OH excluding ortho intramolecular Hbond substituents is 4. The Kier molecular flexibility index (Phi) is 64.8. The Morgan fingerprint density at radius 1 is 0.496 bits per heavy atom. The monoisotopic (exact) mass is 2080 g/mol. The molecule has 0 saturated heterocycles. The Balaban J connectivity index is -0.00000140. The van der Waals surface area contributed by atoms with Crippen LogP contribution in [0, 0.1) is 59.0 Å². The molecule has 29 heteroatoms. The second-order valence-electron chi connectivity index (χ2n) is 32.4. The SMILES string of the molecule is C#C[C@@H](CC)NC(=O)OC(C)(C)C.CC(C)(C)[Si](C)(C)OCCBr.CC[C@H](C#Cc1ccc(C)cc1OCCO)NC(=O)OC(C)(C)C.CC[C@H](CCc1ccc(O)cc1OCCO)NC(=O)OC(C)(C)C.Cc1ccc(I)c(O)c1.Cc1ccc(I)c(OCCO)c1.Cc1cccc(O)c1.O=C(Oc1cccc(O)c1)c1ccccc1.OCc1ccccc1.[Na+].[OH-]. The molecule has 0 saturated carbocycles. The van der Waals surface area contributed by atoms with Crippen LogP contribution in [-0.4, -0.2) is 165 Å². The normalized spacial score (nSPS) is 11.1. The van der Waals surface area contributed by atoms with E-state index in [4.69, 9.17) is 74.6 Å². The number of benzene rings is 8. The molecule has 0 bridgehead atoms. The summed E-state index contributed by atoms with van der Waals surface area (Å²) in [6.45, 7) is 43.0. The van der Waals surface area contributed by atoms with Crippen LogP contribution in [0.25, 0.3) is 0 Å². The molecule has 0 spiro atoms. The van der Waals surface area contributed by atoms with Crippen LogP contribution in [0.2, 0.25) is 18.1 Å². The van der Waals surface area contributed by atoms with Crippen LogP contribution < -0.4 is 64.5 Å². The van der Waals surface area contributed by atoms with E-state index < -0.39 is 49.4 Å². The van der Waals surface area contributed by atoms with E-state index in [1.165, 1.54) is 23.8 Å². The Morgan fingerprint density at radius 3 is 1.38 bits per heavy atom. The van der Waals surface area contributed by atoms with Gasteiger partial charge in [0.25, 0.3) is 0 Å². The van der Waals surface area contributed by atoms with Gasteiger partial charge in [-0.3, -0.25) is 0 Å². The van der Waals surface area contributed by atoms with Crippen molar-refractivity contribution in [3.05, 3.63) is 234 Å². The molecule has 0 radical (unpaired) electrons. The third kappa shape index (κ3) is 61.0. The van der Waals surface area contributed by atoms with Crippen molar-refractivity contribution in [2.45, 2.75) is 223 Å². The number of aliphatic hydroxyl groups is 4. The van der Waals surface area contributed by atoms with Gasteiger partial charge >= 0.3 is 53.8 Å². The summed E-state index contributed by atoms with van der Waals surface area (Å²) in [5.74, 6) is 11.3. The molecule has 0 heterocycles. The van der Waals surface area contributed by atoms with Crippen molar-refractivity contribution in [1.82, 2.24) is 16.0 Å². The fraction of sp³-hybridized carbons (Fsp3) is 0.429. The minimum absolute atomic E-state index is 0. The number of esters is 1. The standard InChI is InChI=1S/C19H27NO4.C18H29NO5.C13H10O3.C10H17NO2.C9H11IO2.C8H19BrOSi.C7H7IO.2C7H8O.Na.H2O/c1-6-16(20-18(22)24-19(3,4)5)10-9-15-8-7-14(2)13-17(15)23-12-11-21;1-5-14(19-17(22)24-18(2,3)4)8-6-13-7-9-15(21)12-16(13)23-11-10-20;14-11-7-4-8-12(9-11)16-13(15)10-5-2-1-3-6-10;1-6-8(7-2)11-9(12)13-10(3,4)5;1-7-2-3-8(10)9(6-7)12-5-4-11;1-8(2,3)11(4,5)10-7-6-9;1-5-2-3-6(8)7(9)4-5;1-6-3-2-4-7(8)5-6;8-6-7-4-2-1-3-5-7;;/h7-8,13,16,21H,6,11-12H2,1-5H3,(H,20,22);7,9,12,14,20-21H,5-6,8,10-11H2,1-4H3,(H,19,22);1-9,14H;1,8H,7H2,2-5H3,(H,11,12);2-3,6,11H,4-5H2,1H3;6-7H2,1-5H3;2-4,9H,1H3;2-5,8H,1H3;1-5,8H,6H2;;1H2/q;;;;;;;;;+1;/p-1/t16-;14-;;8-;;;;;;;/m11.0......./s1. The zero-order valence-corrected chi connectivity index (χ0v) is 87.0. The maximum absolute atomic E-state index is 11.9. The topological polar surface area (TPSA) is 370 Å². The summed E-state index contributed by atoms with van der Waals surface area (Å²) < 4.78 is 44.7. The summed E-state index contributed by atoms with van der Waals surface area (Å²) in [7, 11) is -1.46. The van der Waals surface area contributed by atoms with E-state index in [0.29, 0.717) is 65.2 Å². The van der Waals surface area contributed by atoms with Crippen LogP contribution in [-0.2, 0) is 31.7 Å². The van der Waals surface area contributed by atoms with Crippen LogP contribution in [0.1, 0.15) is 179 Å². The number of aliphatic hydroxyl groups excluding tert-OH is 4. The van der Waals surface area contributed by atoms with Gasteiger partial charge in [0.1, 0.15) is 82.6 Å². The van der Waals surface area contributed by atoms with Crippen molar-refractivity contribution in [3.63, 3.8) is 0 Å². The molecule has 0 aromatic heterocycles. The first-order chi connectivity index (χ1) is 58.6. The van der Waals surface area contributed by atoms with Crippen LogP contribution >= 0.6 is 61.1 Å². The fourth-order valence-electron chi connectivity index (χ4n) is 9.30. The molecule has 3 amide bonds. The summed E-state index contributed by atoms with van der Waals surface area (Å²) in [6, 6.07) is 53.2. The fourth-order valence-corrected chi connectivity index (χ4v) is 11.6. The molecule has 0 aliphatic rings. The molecule has 8 rings (SSSR count). The van der Waals surface area contributed by atoms with E-state index in [2.05, 4.69) is 129 Å². The van der Waals surface area contributed by atoms with Gasteiger partial charge < -0.3 is 99.9 Å². The summed E-state index contributed by atoms with van der Waals surface area (Å²) in [6.07, 6.45) is 7.35. The van der Waals surface area contributed by atoms with E-state index in [-0.39, 0.29) is 104 Å². The number of rotatable bonds is 24. The number of alkyl halides is 1. The summed E-state index contributed by atoms with van der Waals surface area (Å²) in [5.41, 5.74) is 5.94.